The van der Waals surface area contributed by atoms with Crippen LogP contribution in [0.4, 0.5) is 5.69 Å². The van der Waals surface area contributed by atoms with E-state index >= 15 is 0 Å². The summed E-state index contributed by atoms with van der Waals surface area (Å²) < 4.78 is 6.90. The molecule has 0 unspecified atom stereocenters. The van der Waals surface area contributed by atoms with E-state index in [2.05, 4.69) is 10.4 Å². The standard InChI is InChI=1S/C24H25N3O3S/c28-23-15-14-21(26-27(23)16-17-30-18-8-2-1-3-9-18)24(29)25-20-12-6-7-13-22(20)31-19-10-4-5-11-19/h1-3,6-9,12-15,19H,4-5,10-11,16-17H2,(H,25,29). The van der Waals surface area contributed by atoms with E-state index in [0.717, 1.165) is 16.3 Å². The number of para-hydroxylation sites is 2. The topological polar surface area (TPSA) is 73.2 Å². The molecular weight excluding hydrogens is 410 g/mol. The molecule has 1 aromatic heterocycles. The van der Waals surface area contributed by atoms with Gasteiger partial charge in [-0.15, -0.1) is 11.8 Å². The van der Waals surface area contributed by atoms with Gasteiger partial charge in [0.2, 0.25) is 0 Å². The van der Waals surface area contributed by atoms with Gasteiger partial charge in [-0.1, -0.05) is 43.2 Å². The molecule has 1 fully saturated rings. The Hall–Kier alpha value is -3.06. The Labute approximate surface area is 185 Å². The highest BCUT2D eigenvalue weighted by atomic mass is 32.2. The second-order valence-electron chi connectivity index (χ2n) is 7.42. The van der Waals surface area contributed by atoms with Crippen molar-refractivity contribution in [2.75, 3.05) is 11.9 Å². The summed E-state index contributed by atoms with van der Waals surface area (Å²) in [5.41, 5.74) is 0.696. The number of anilines is 1. The van der Waals surface area contributed by atoms with Crippen molar-refractivity contribution in [1.29, 1.82) is 0 Å². The normalized spacial score (nSPS) is 13.8. The zero-order valence-electron chi connectivity index (χ0n) is 17.2. The molecule has 1 N–H and O–H groups in total. The van der Waals surface area contributed by atoms with Crippen LogP contribution in [0.25, 0.3) is 0 Å². The smallest absolute Gasteiger partial charge is 0.276 e. The molecule has 1 saturated carbocycles. The molecule has 4 rings (SSSR count). The van der Waals surface area contributed by atoms with Gasteiger partial charge >= 0.3 is 0 Å². The van der Waals surface area contributed by atoms with Gasteiger partial charge in [0.1, 0.15) is 18.1 Å². The number of ether oxygens (including phenoxy) is 1. The second-order valence-corrected chi connectivity index (χ2v) is 8.76. The molecular formula is C24H25N3O3S. The molecule has 1 heterocycles. The molecule has 2 aromatic carbocycles. The van der Waals surface area contributed by atoms with E-state index in [9.17, 15) is 9.59 Å². The number of carbonyl (C=O) groups excluding carboxylic acids is 1. The van der Waals surface area contributed by atoms with Crippen LogP contribution in [0.1, 0.15) is 36.2 Å². The summed E-state index contributed by atoms with van der Waals surface area (Å²) >= 11 is 1.82. The number of amides is 1. The molecule has 0 bridgehead atoms. The first-order chi connectivity index (χ1) is 15.2. The van der Waals surface area contributed by atoms with Crippen molar-refractivity contribution < 1.29 is 9.53 Å². The van der Waals surface area contributed by atoms with Crippen LogP contribution in [0.5, 0.6) is 5.75 Å². The van der Waals surface area contributed by atoms with Crippen LogP contribution < -0.4 is 15.6 Å². The van der Waals surface area contributed by atoms with Gasteiger partial charge in [-0.25, -0.2) is 4.68 Å². The molecule has 1 aliphatic carbocycles. The maximum Gasteiger partial charge on any atom is 0.276 e. The van der Waals surface area contributed by atoms with Crippen molar-refractivity contribution in [3.63, 3.8) is 0 Å². The number of rotatable bonds is 8. The molecule has 0 radical (unpaired) electrons. The van der Waals surface area contributed by atoms with Crippen LogP contribution in [0, 0.1) is 0 Å². The summed E-state index contributed by atoms with van der Waals surface area (Å²) in [5.74, 6) is 0.387. The zero-order chi connectivity index (χ0) is 21.5. The SMILES string of the molecule is O=C(Nc1ccccc1SC1CCCC1)c1ccc(=O)n(CCOc2ccccc2)n1. The molecule has 7 heteroatoms. The van der Waals surface area contributed by atoms with Gasteiger partial charge in [-0.05, 0) is 43.2 Å². The Morgan fingerprint density at radius 1 is 1.03 bits per heavy atom. The van der Waals surface area contributed by atoms with Crippen LogP contribution in [-0.4, -0.2) is 27.5 Å². The third kappa shape index (κ3) is 5.76. The number of nitrogens with zero attached hydrogens (tertiary/aromatic N) is 2. The molecule has 0 atom stereocenters. The first-order valence-corrected chi connectivity index (χ1v) is 11.4. The average molecular weight is 436 g/mol. The lowest BCUT2D eigenvalue weighted by Crippen LogP contribution is -2.28. The number of hydrogen-bond donors (Lipinski definition) is 1. The fourth-order valence-electron chi connectivity index (χ4n) is 3.54. The third-order valence-electron chi connectivity index (χ3n) is 5.15. The van der Waals surface area contributed by atoms with Gasteiger partial charge in [0, 0.05) is 16.2 Å². The molecule has 0 saturated heterocycles. The van der Waals surface area contributed by atoms with Gasteiger partial charge in [0.05, 0.1) is 12.2 Å². The summed E-state index contributed by atoms with van der Waals surface area (Å²) in [6, 6.07) is 20.0. The van der Waals surface area contributed by atoms with Crippen LogP contribution in [0.2, 0.25) is 0 Å². The number of benzene rings is 2. The number of thioether (sulfide) groups is 1. The highest BCUT2D eigenvalue weighted by Gasteiger charge is 2.19. The van der Waals surface area contributed by atoms with Gasteiger partial charge in [0.25, 0.3) is 11.5 Å². The predicted molar refractivity (Wildman–Crippen MR) is 123 cm³/mol. The van der Waals surface area contributed by atoms with Crippen molar-refractivity contribution in [3.8, 4) is 5.75 Å². The maximum absolute atomic E-state index is 12.8. The summed E-state index contributed by atoms with van der Waals surface area (Å²) in [6.45, 7) is 0.534. The Bertz CT molecular complexity index is 1080. The van der Waals surface area contributed by atoms with E-state index < -0.39 is 0 Å². The van der Waals surface area contributed by atoms with E-state index in [1.807, 2.05) is 66.4 Å². The minimum Gasteiger partial charge on any atom is -0.492 e. The average Bonchev–Trinajstić information content (AvgIpc) is 3.30. The van der Waals surface area contributed by atoms with E-state index in [1.165, 1.54) is 42.5 Å². The van der Waals surface area contributed by atoms with Gasteiger partial charge in [0.15, 0.2) is 0 Å². The Balaban J connectivity index is 1.42. The lowest BCUT2D eigenvalue weighted by molar-refractivity contribution is 0.101. The molecule has 6 nitrogen and oxygen atoms in total. The third-order valence-corrected chi connectivity index (χ3v) is 6.56. The molecule has 31 heavy (non-hydrogen) atoms. The fraction of sp³-hybridized carbons (Fsp3) is 0.292. The van der Waals surface area contributed by atoms with E-state index in [1.54, 1.807) is 0 Å². The second kappa shape index (κ2) is 10.3. The number of nitrogens with one attached hydrogen (secondary N) is 1. The Morgan fingerprint density at radius 3 is 2.58 bits per heavy atom. The van der Waals surface area contributed by atoms with Crippen LogP contribution in [-0.2, 0) is 6.54 Å². The van der Waals surface area contributed by atoms with Crippen molar-refractivity contribution in [1.82, 2.24) is 9.78 Å². The lowest BCUT2D eigenvalue weighted by Gasteiger charge is -2.14. The first-order valence-electron chi connectivity index (χ1n) is 10.5. The maximum atomic E-state index is 12.8. The molecule has 1 aliphatic rings. The van der Waals surface area contributed by atoms with E-state index in [-0.39, 0.29) is 30.3 Å². The van der Waals surface area contributed by atoms with Gasteiger partial charge in [-0.3, -0.25) is 9.59 Å². The zero-order valence-corrected chi connectivity index (χ0v) is 18.0. The molecule has 0 spiro atoms. The molecule has 3 aromatic rings. The van der Waals surface area contributed by atoms with Crippen molar-refractivity contribution in [3.05, 3.63) is 82.8 Å². The monoisotopic (exact) mass is 435 g/mol. The number of hydrogen-bond acceptors (Lipinski definition) is 5. The fourth-order valence-corrected chi connectivity index (χ4v) is 4.87. The largest absolute Gasteiger partial charge is 0.492 e. The van der Waals surface area contributed by atoms with Crippen molar-refractivity contribution in [2.24, 2.45) is 0 Å². The van der Waals surface area contributed by atoms with Crippen LogP contribution in [0.3, 0.4) is 0 Å². The minimum atomic E-state index is -0.336. The summed E-state index contributed by atoms with van der Waals surface area (Å²) in [5, 5.41) is 7.80. The molecule has 1 amide bonds. The first kappa shape index (κ1) is 21.2. The van der Waals surface area contributed by atoms with Crippen LogP contribution >= 0.6 is 11.8 Å². The minimum absolute atomic E-state index is 0.194. The number of aromatic nitrogens is 2. The molecule has 160 valence electrons. The highest BCUT2D eigenvalue weighted by Crippen LogP contribution is 2.38. The lowest BCUT2D eigenvalue weighted by atomic mass is 10.3. The summed E-state index contributed by atoms with van der Waals surface area (Å²) in [4.78, 5) is 26.0. The summed E-state index contributed by atoms with van der Waals surface area (Å²) in [6.07, 6.45) is 4.96. The van der Waals surface area contributed by atoms with Crippen molar-refractivity contribution in [2.45, 2.75) is 42.4 Å². The molecule has 0 aliphatic heterocycles. The highest BCUT2D eigenvalue weighted by molar-refractivity contribution is 8.00. The van der Waals surface area contributed by atoms with Gasteiger partial charge < -0.3 is 10.1 Å². The van der Waals surface area contributed by atoms with Crippen molar-refractivity contribution >= 4 is 23.4 Å². The predicted octanol–water partition coefficient (Wildman–Crippen LogP) is 4.61. The van der Waals surface area contributed by atoms with Crippen LogP contribution in [0.15, 0.2) is 76.4 Å². The van der Waals surface area contributed by atoms with Gasteiger partial charge in [-0.2, -0.15) is 5.10 Å². The van der Waals surface area contributed by atoms with E-state index in [4.69, 9.17) is 4.74 Å². The summed E-state index contributed by atoms with van der Waals surface area (Å²) in [7, 11) is 0. The Morgan fingerprint density at radius 2 is 1.77 bits per heavy atom. The Kier molecular flexibility index (Phi) is 7.04. The number of carbonyl (C=O) groups is 1. The quantitative estimate of drug-likeness (QED) is 0.559. The van der Waals surface area contributed by atoms with E-state index in [0.29, 0.717) is 5.25 Å².